The molecule has 2 aliphatic heterocycles. The Hall–Kier alpha value is -1.20. The van der Waals surface area contributed by atoms with Crippen molar-refractivity contribution in [3.63, 3.8) is 0 Å². The Morgan fingerprint density at radius 3 is 3.00 bits per heavy atom. The zero-order valence-corrected chi connectivity index (χ0v) is 12.8. The molecule has 6 heteroatoms. The van der Waals surface area contributed by atoms with Crippen molar-refractivity contribution in [2.45, 2.75) is 19.4 Å². The van der Waals surface area contributed by atoms with E-state index in [4.69, 9.17) is 0 Å². The van der Waals surface area contributed by atoms with Gasteiger partial charge in [-0.2, -0.15) is 0 Å². The van der Waals surface area contributed by atoms with Crippen molar-refractivity contribution in [2.75, 3.05) is 24.2 Å². The molecule has 0 aliphatic carbocycles. The molecule has 1 saturated heterocycles. The van der Waals surface area contributed by atoms with E-state index in [-0.39, 0.29) is 12.4 Å². The summed E-state index contributed by atoms with van der Waals surface area (Å²) in [6.45, 7) is 2.49. The predicted molar refractivity (Wildman–Crippen MR) is 86.7 cm³/mol. The Morgan fingerprint density at radius 1 is 1.35 bits per heavy atom. The van der Waals surface area contributed by atoms with Gasteiger partial charge in [0.05, 0.1) is 6.54 Å². The van der Waals surface area contributed by atoms with Crippen LogP contribution in [0.4, 0.5) is 5.69 Å². The third kappa shape index (κ3) is 3.46. The zero-order chi connectivity index (χ0) is 13.1. The fourth-order valence-electron chi connectivity index (χ4n) is 2.37. The van der Waals surface area contributed by atoms with Gasteiger partial charge in [-0.3, -0.25) is 9.79 Å². The van der Waals surface area contributed by atoms with Crippen LogP contribution in [-0.4, -0.2) is 34.8 Å². The first-order chi connectivity index (χ1) is 9.33. The molecule has 20 heavy (non-hydrogen) atoms. The molecule has 1 aromatic carbocycles. The first-order valence-corrected chi connectivity index (χ1v) is 7.61. The Morgan fingerprint density at radius 2 is 2.20 bits per heavy atom. The number of para-hydroxylation sites is 1. The molecule has 2 aliphatic rings. The van der Waals surface area contributed by atoms with Crippen LogP contribution in [0.15, 0.2) is 29.3 Å². The normalized spacial score (nSPS) is 17.1. The molecule has 0 saturated carbocycles. The van der Waals surface area contributed by atoms with Crippen molar-refractivity contribution < 1.29 is 4.79 Å². The molecule has 0 unspecified atom stereocenters. The molecular weight excluding hydrogens is 294 g/mol. The number of amides is 1. The number of aliphatic imine (C=N–C) groups is 1. The topological polar surface area (TPSA) is 44.7 Å². The number of nitrogens with one attached hydrogen (secondary N) is 1. The van der Waals surface area contributed by atoms with Gasteiger partial charge < -0.3 is 10.2 Å². The fourth-order valence-corrected chi connectivity index (χ4v) is 3.21. The molecule has 1 N–H and O–H groups in total. The van der Waals surface area contributed by atoms with Crippen LogP contribution in [0.1, 0.15) is 18.4 Å². The number of likely N-dealkylation sites (tertiary alicyclic amines) is 1. The number of fused-ring (bicyclic) bond motifs is 1. The highest BCUT2D eigenvalue weighted by Crippen LogP contribution is 2.23. The van der Waals surface area contributed by atoms with E-state index < -0.39 is 0 Å². The van der Waals surface area contributed by atoms with Gasteiger partial charge >= 0.3 is 0 Å². The lowest BCUT2D eigenvalue weighted by Gasteiger charge is -2.19. The van der Waals surface area contributed by atoms with E-state index in [2.05, 4.69) is 22.4 Å². The number of carbonyl (C=O) groups excluding carboxylic acids is 1. The van der Waals surface area contributed by atoms with E-state index in [0.717, 1.165) is 49.1 Å². The summed E-state index contributed by atoms with van der Waals surface area (Å²) in [7, 11) is 0. The molecule has 0 spiro atoms. The molecule has 4 nitrogen and oxygen atoms in total. The third-order valence-corrected chi connectivity index (χ3v) is 4.31. The number of carbonyl (C=O) groups is 1. The van der Waals surface area contributed by atoms with Gasteiger partial charge in [-0.25, -0.2) is 0 Å². The van der Waals surface area contributed by atoms with E-state index in [1.54, 1.807) is 11.8 Å². The molecule has 108 valence electrons. The second-order valence-corrected chi connectivity index (χ2v) is 5.82. The van der Waals surface area contributed by atoms with E-state index in [1.807, 2.05) is 17.0 Å². The minimum atomic E-state index is 0. The maximum absolute atomic E-state index is 11.5. The van der Waals surface area contributed by atoms with Crippen molar-refractivity contribution >= 4 is 40.9 Å². The Kier molecular flexibility index (Phi) is 5.31. The molecule has 2 heterocycles. The lowest BCUT2D eigenvalue weighted by molar-refractivity contribution is -0.127. The van der Waals surface area contributed by atoms with E-state index >= 15 is 0 Å². The van der Waals surface area contributed by atoms with Crippen LogP contribution < -0.4 is 5.32 Å². The van der Waals surface area contributed by atoms with E-state index in [9.17, 15) is 4.79 Å². The van der Waals surface area contributed by atoms with Crippen molar-refractivity contribution in [3.8, 4) is 0 Å². The van der Waals surface area contributed by atoms with Gasteiger partial charge in [0, 0.05) is 31.0 Å². The first kappa shape index (κ1) is 15.2. The lowest BCUT2D eigenvalue weighted by atomic mass is 10.1. The zero-order valence-electron chi connectivity index (χ0n) is 11.2. The van der Waals surface area contributed by atoms with Crippen LogP contribution in [0.3, 0.4) is 0 Å². The fraction of sp³-hybridized carbons (Fsp3) is 0.429. The molecular formula is C14H18ClN3OS. The highest BCUT2D eigenvalue weighted by atomic mass is 35.5. The van der Waals surface area contributed by atoms with Crippen molar-refractivity contribution in [1.82, 2.24) is 4.90 Å². The van der Waals surface area contributed by atoms with Crippen LogP contribution in [0.5, 0.6) is 0 Å². The average Bonchev–Trinajstić information content (AvgIpc) is 2.84. The van der Waals surface area contributed by atoms with Gasteiger partial charge in [-0.1, -0.05) is 30.0 Å². The standard InChI is InChI=1S/C14H17N3OS.ClH/c18-13-6-3-7-17(13)8-9-19-14-15-10-11-4-1-2-5-12(11)16-14;/h1-2,4-5H,3,6-10H2,(H,15,16);1H. The Balaban J connectivity index is 0.00000147. The van der Waals surface area contributed by atoms with Crippen LogP contribution in [0.25, 0.3) is 0 Å². The maximum Gasteiger partial charge on any atom is 0.222 e. The van der Waals surface area contributed by atoms with Crippen molar-refractivity contribution in [2.24, 2.45) is 4.99 Å². The number of hydrogen-bond acceptors (Lipinski definition) is 4. The summed E-state index contributed by atoms with van der Waals surface area (Å²) in [5, 5.41) is 4.31. The number of anilines is 1. The molecule has 1 fully saturated rings. The second kappa shape index (κ2) is 6.99. The van der Waals surface area contributed by atoms with Crippen LogP contribution in [-0.2, 0) is 11.3 Å². The largest absolute Gasteiger partial charge is 0.342 e. The van der Waals surface area contributed by atoms with Crippen LogP contribution in [0, 0.1) is 0 Å². The van der Waals surface area contributed by atoms with Crippen molar-refractivity contribution in [3.05, 3.63) is 29.8 Å². The van der Waals surface area contributed by atoms with Gasteiger partial charge in [-0.05, 0) is 18.1 Å². The molecule has 1 amide bonds. The monoisotopic (exact) mass is 311 g/mol. The van der Waals surface area contributed by atoms with Gasteiger partial charge in [0.1, 0.15) is 0 Å². The highest BCUT2D eigenvalue weighted by molar-refractivity contribution is 8.14. The minimum Gasteiger partial charge on any atom is -0.342 e. The van der Waals surface area contributed by atoms with E-state index in [1.165, 1.54) is 5.56 Å². The molecule has 0 radical (unpaired) electrons. The summed E-state index contributed by atoms with van der Waals surface area (Å²) >= 11 is 1.69. The van der Waals surface area contributed by atoms with E-state index in [0.29, 0.717) is 5.91 Å². The molecule has 1 aromatic rings. The summed E-state index contributed by atoms with van der Waals surface area (Å²) in [6, 6.07) is 8.24. The van der Waals surface area contributed by atoms with Gasteiger partial charge in [0.25, 0.3) is 0 Å². The van der Waals surface area contributed by atoms with Crippen LogP contribution in [0.2, 0.25) is 0 Å². The SMILES string of the molecule is Cl.O=C1CCCN1CCSC1=NCc2ccccc2N1. The van der Waals surface area contributed by atoms with Crippen molar-refractivity contribution in [1.29, 1.82) is 0 Å². The van der Waals surface area contributed by atoms with Gasteiger partial charge in [0.15, 0.2) is 5.17 Å². The average molecular weight is 312 g/mol. The number of amidine groups is 1. The van der Waals surface area contributed by atoms with Crippen LogP contribution >= 0.6 is 24.2 Å². The molecule has 0 bridgehead atoms. The minimum absolute atomic E-state index is 0. The smallest absolute Gasteiger partial charge is 0.222 e. The Labute approximate surface area is 129 Å². The predicted octanol–water partition coefficient (Wildman–Crippen LogP) is 2.75. The summed E-state index contributed by atoms with van der Waals surface area (Å²) in [5.41, 5.74) is 2.39. The first-order valence-electron chi connectivity index (χ1n) is 6.63. The third-order valence-electron chi connectivity index (χ3n) is 3.42. The summed E-state index contributed by atoms with van der Waals surface area (Å²) in [6.07, 6.45) is 1.73. The number of nitrogens with zero attached hydrogens (tertiary/aromatic N) is 2. The lowest BCUT2D eigenvalue weighted by Crippen LogP contribution is -2.27. The summed E-state index contributed by atoms with van der Waals surface area (Å²) in [5.74, 6) is 1.20. The highest BCUT2D eigenvalue weighted by Gasteiger charge is 2.19. The van der Waals surface area contributed by atoms with Gasteiger partial charge in [0.2, 0.25) is 5.91 Å². The summed E-state index contributed by atoms with van der Waals surface area (Å²) < 4.78 is 0. The summed E-state index contributed by atoms with van der Waals surface area (Å²) in [4.78, 5) is 18.0. The Bertz CT molecular complexity index is 521. The number of thioether (sulfide) groups is 1. The molecule has 3 rings (SSSR count). The maximum atomic E-state index is 11.5. The number of halogens is 1. The second-order valence-electron chi connectivity index (χ2n) is 4.74. The molecule has 0 atom stereocenters. The quantitative estimate of drug-likeness (QED) is 0.933. The number of rotatable bonds is 3. The van der Waals surface area contributed by atoms with Gasteiger partial charge in [-0.15, -0.1) is 12.4 Å². The number of hydrogen-bond donors (Lipinski definition) is 1. The number of benzene rings is 1. The molecule has 0 aromatic heterocycles.